The van der Waals surface area contributed by atoms with E-state index in [0.717, 1.165) is 26.3 Å². The first-order valence-corrected chi connectivity index (χ1v) is 11.0. The third-order valence-corrected chi connectivity index (χ3v) is 6.97. The highest BCUT2D eigenvalue weighted by Crippen LogP contribution is 2.64. The van der Waals surface area contributed by atoms with Gasteiger partial charge < -0.3 is 15.2 Å². The van der Waals surface area contributed by atoms with Crippen molar-refractivity contribution in [3.8, 4) is 17.0 Å². The van der Waals surface area contributed by atoms with Gasteiger partial charge in [-0.3, -0.25) is 9.58 Å². The Kier molecular flexibility index (Phi) is 5.34. The van der Waals surface area contributed by atoms with E-state index in [1.165, 1.54) is 24.6 Å². The van der Waals surface area contributed by atoms with Crippen LogP contribution in [0.2, 0.25) is 0 Å². The number of nitrogen functional groups attached to an aromatic ring is 1. The maximum Gasteiger partial charge on any atom is 0.387 e. The first kappa shape index (κ1) is 20.6. The number of morpholine rings is 1. The average molecular weight is 434 g/mol. The number of pyridine rings is 1. The van der Waals surface area contributed by atoms with Crippen LogP contribution in [-0.2, 0) is 4.74 Å². The Morgan fingerprint density at radius 3 is 2.52 bits per heavy atom. The van der Waals surface area contributed by atoms with Gasteiger partial charge in [0.1, 0.15) is 0 Å². The highest BCUT2D eigenvalue weighted by molar-refractivity contribution is 5.64. The van der Waals surface area contributed by atoms with Crippen LogP contribution < -0.4 is 10.5 Å². The van der Waals surface area contributed by atoms with Gasteiger partial charge >= 0.3 is 6.61 Å². The number of alkyl halides is 2. The van der Waals surface area contributed by atoms with Crippen molar-refractivity contribution in [2.24, 2.45) is 11.8 Å². The first-order valence-electron chi connectivity index (χ1n) is 11.0. The minimum atomic E-state index is -2.95. The molecule has 7 nitrogen and oxygen atoms in total. The van der Waals surface area contributed by atoms with Crippen LogP contribution in [0.15, 0.2) is 18.3 Å². The van der Waals surface area contributed by atoms with Crippen molar-refractivity contribution in [1.82, 2.24) is 19.7 Å². The average Bonchev–Trinajstić information content (AvgIpc) is 3.10. The highest BCUT2D eigenvalue weighted by atomic mass is 19.3. The Bertz CT molecular complexity index is 932. The molecule has 2 N–H and O–H groups in total. The fraction of sp³-hybridized carbons (Fsp3) is 0.636. The third kappa shape index (κ3) is 3.89. The number of aromatic nitrogens is 3. The Morgan fingerprint density at radius 2 is 1.87 bits per heavy atom. The summed E-state index contributed by atoms with van der Waals surface area (Å²) < 4.78 is 37.5. The second-order valence-electron chi connectivity index (χ2n) is 9.11. The Labute approximate surface area is 180 Å². The molecule has 1 saturated heterocycles. The van der Waals surface area contributed by atoms with Crippen molar-refractivity contribution in [3.05, 3.63) is 24.0 Å². The Hall–Kier alpha value is -2.26. The molecule has 2 aromatic heterocycles. The summed E-state index contributed by atoms with van der Waals surface area (Å²) in [5, 5.41) is 4.79. The van der Waals surface area contributed by atoms with Gasteiger partial charge in [-0.05, 0) is 50.7 Å². The summed E-state index contributed by atoms with van der Waals surface area (Å²) >= 11 is 0. The lowest BCUT2D eigenvalue weighted by Gasteiger charge is -2.33. The van der Waals surface area contributed by atoms with Gasteiger partial charge in [0.25, 0.3) is 0 Å². The van der Waals surface area contributed by atoms with Gasteiger partial charge in [0.15, 0.2) is 11.6 Å². The second kappa shape index (κ2) is 8.02. The summed E-state index contributed by atoms with van der Waals surface area (Å²) in [6, 6.07) is 4.46. The predicted octanol–water partition coefficient (Wildman–Crippen LogP) is 3.53. The van der Waals surface area contributed by atoms with Crippen LogP contribution in [-0.4, -0.2) is 58.6 Å². The highest BCUT2D eigenvalue weighted by Gasteiger charge is 2.58. The van der Waals surface area contributed by atoms with E-state index in [2.05, 4.69) is 39.2 Å². The van der Waals surface area contributed by atoms with Gasteiger partial charge in [-0.1, -0.05) is 0 Å². The van der Waals surface area contributed by atoms with Gasteiger partial charge in [0.05, 0.1) is 18.9 Å². The van der Waals surface area contributed by atoms with Crippen LogP contribution in [0.25, 0.3) is 11.3 Å². The largest absolute Gasteiger partial charge is 0.431 e. The van der Waals surface area contributed by atoms with Gasteiger partial charge in [-0.15, -0.1) is 0 Å². The summed E-state index contributed by atoms with van der Waals surface area (Å²) in [6.07, 6.45) is 4.01. The SMILES string of the molecule is CC(C)n1nc(-c2cnc(N)c(OC(F)F)c2)cc1[C@H]1[C@@H]2C[C@H](N3CCOCC3)C[C@@H]21. The van der Waals surface area contributed by atoms with E-state index in [0.29, 0.717) is 35.1 Å². The van der Waals surface area contributed by atoms with E-state index >= 15 is 0 Å². The second-order valence-corrected chi connectivity index (χ2v) is 9.11. The maximum atomic E-state index is 12.7. The fourth-order valence-corrected chi connectivity index (χ4v) is 5.49. The van der Waals surface area contributed by atoms with E-state index < -0.39 is 6.61 Å². The van der Waals surface area contributed by atoms with Crippen LogP contribution in [0.5, 0.6) is 5.75 Å². The van der Waals surface area contributed by atoms with Crippen LogP contribution in [0.4, 0.5) is 14.6 Å². The van der Waals surface area contributed by atoms with Crippen molar-refractivity contribution < 1.29 is 18.3 Å². The molecular formula is C22H29F2N5O2. The number of ether oxygens (including phenoxy) is 2. The summed E-state index contributed by atoms with van der Waals surface area (Å²) in [7, 11) is 0. The zero-order chi connectivity index (χ0) is 21.7. The molecule has 3 heterocycles. The molecule has 0 unspecified atom stereocenters. The Balaban J connectivity index is 1.36. The molecule has 0 spiro atoms. The molecule has 5 rings (SSSR count). The standard InChI is InChI=1S/C22H29F2N5O2/c1-12(2)29-18(20-15-8-14(9-16(15)20)28-3-5-30-6-4-28)10-17(27-29)13-7-19(31-22(23)24)21(25)26-11-13/h7,10-12,14-16,20,22H,3-6,8-9H2,1-2H3,(H2,25,26)/t14-,15+,16-,20-. The zero-order valence-corrected chi connectivity index (χ0v) is 17.9. The number of hydrogen-bond donors (Lipinski definition) is 1. The predicted molar refractivity (Wildman–Crippen MR) is 112 cm³/mol. The van der Waals surface area contributed by atoms with Crippen molar-refractivity contribution in [2.45, 2.75) is 51.3 Å². The van der Waals surface area contributed by atoms with Crippen molar-refractivity contribution >= 4 is 5.82 Å². The number of halogens is 2. The molecule has 2 aliphatic carbocycles. The normalized spacial score (nSPS) is 28.3. The number of hydrogen-bond acceptors (Lipinski definition) is 6. The third-order valence-electron chi connectivity index (χ3n) is 6.97. The first-order chi connectivity index (χ1) is 14.9. The van der Waals surface area contributed by atoms with Gasteiger partial charge in [-0.2, -0.15) is 13.9 Å². The smallest absolute Gasteiger partial charge is 0.387 e. The van der Waals surface area contributed by atoms with Crippen LogP contribution in [0.1, 0.15) is 44.3 Å². The minimum Gasteiger partial charge on any atom is -0.431 e. The van der Waals surface area contributed by atoms with E-state index in [1.807, 2.05) is 0 Å². The lowest BCUT2D eigenvalue weighted by molar-refractivity contribution is -0.0494. The lowest BCUT2D eigenvalue weighted by Crippen LogP contribution is -2.43. The van der Waals surface area contributed by atoms with Crippen molar-refractivity contribution in [2.75, 3.05) is 32.0 Å². The summed E-state index contributed by atoms with van der Waals surface area (Å²) in [4.78, 5) is 6.61. The molecule has 3 fully saturated rings. The molecule has 0 radical (unpaired) electrons. The molecule has 0 aromatic carbocycles. The molecule has 4 atom stereocenters. The topological polar surface area (TPSA) is 78.4 Å². The van der Waals surface area contributed by atoms with E-state index in [1.54, 1.807) is 6.20 Å². The van der Waals surface area contributed by atoms with E-state index in [-0.39, 0.29) is 17.6 Å². The number of rotatable bonds is 6. The van der Waals surface area contributed by atoms with Crippen molar-refractivity contribution in [3.63, 3.8) is 0 Å². The lowest BCUT2D eigenvalue weighted by atomic mass is 10.0. The molecule has 168 valence electrons. The van der Waals surface area contributed by atoms with Crippen LogP contribution >= 0.6 is 0 Å². The van der Waals surface area contributed by atoms with Crippen LogP contribution in [0, 0.1) is 11.8 Å². The molecule has 0 bridgehead atoms. The minimum absolute atomic E-state index is 0.0570. The van der Waals surface area contributed by atoms with Crippen LogP contribution in [0.3, 0.4) is 0 Å². The van der Waals surface area contributed by atoms with Gasteiger partial charge in [0.2, 0.25) is 0 Å². The fourth-order valence-electron chi connectivity index (χ4n) is 5.49. The Morgan fingerprint density at radius 1 is 1.16 bits per heavy atom. The molecule has 9 heteroatoms. The molecular weight excluding hydrogens is 404 g/mol. The number of nitrogens with zero attached hydrogens (tertiary/aromatic N) is 4. The molecule has 2 saturated carbocycles. The molecule has 31 heavy (non-hydrogen) atoms. The number of anilines is 1. The number of nitrogens with two attached hydrogens (primary N) is 1. The maximum absolute atomic E-state index is 12.7. The van der Waals surface area contributed by atoms with E-state index in [4.69, 9.17) is 15.6 Å². The molecule has 3 aliphatic rings. The van der Waals surface area contributed by atoms with E-state index in [9.17, 15) is 8.78 Å². The molecule has 2 aromatic rings. The van der Waals surface area contributed by atoms with Gasteiger partial charge in [0, 0.05) is 48.5 Å². The molecule has 0 amide bonds. The zero-order valence-electron chi connectivity index (χ0n) is 17.9. The van der Waals surface area contributed by atoms with Crippen molar-refractivity contribution in [1.29, 1.82) is 0 Å². The monoisotopic (exact) mass is 433 g/mol. The quantitative estimate of drug-likeness (QED) is 0.751. The molecule has 1 aliphatic heterocycles. The summed E-state index contributed by atoms with van der Waals surface area (Å²) in [5.41, 5.74) is 8.26. The summed E-state index contributed by atoms with van der Waals surface area (Å²) in [6.45, 7) is 5.03. The number of fused-ring (bicyclic) bond motifs is 1. The summed E-state index contributed by atoms with van der Waals surface area (Å²) in [5.74, 6) is 1.72. The van der Waals surface area contributed by atoms with Gasteiger partial charge in [-0.25, -0.2) is 4.98 Å².